The van der Waals surface area contributed by atoms with Gasteiger partial charge in [0.15, 0.2) is 52.2 Å². The highest BCUT2D eigenvalue weighted by Gasteiger charge is 2.53. The standard InChI is InChI=1S/C15H22N2O9S.C14H19BrO9.CH3NS.BrH/c1-6(18)22-5-10-11(23-7(2)19)12(24-8(3)20)13(25-9(4)21)14(26-10)27-15(16)17;1-6(16)20-5-10-11(21-7(2)17)12(22-8(3)18)13(14(15)24-10)23-9(4)19;2-1-3;/h10-14H,5H2,1-4H3,(H3,16,17);10-14H,5H2,1-4H3;1H,(H2,2,3);1H. The zero-order valence-corrected chi connectivity index (χ0v) is 35.8. The van der Waals surface area contributed by atoms with Crippen LogP contribution in [-0.2, 0) is 85.7 Å². The molecule has 2 aliphatic heterocycles. The Balaban J connectivity index is 0. The Morgan fingerprint density at radius 2 is 0.891 bits per heavy atom. The molecule has 25 heteroatoms. The van der Waals surface area contributed by atoms with Gasteiger partial charge < -0.3 is 58.8 Å². The number of nitrogens with two attached hydrogens (primary N) is 2. The number of halogens is 2. The normalized spacial score (nSPS) is 26.3. The molecule has 0 radical (unpaired) electrons. The van der Waals surface area contributed by atoms with Crippen LogP contribution < -0.4 is 11.5 Å². The van der Waals surface area contributed by atoms with Crippen molar-refractivity contribution in [1.82, 2.24) is 0 Å². The number of hydrogen-bond acceptors (Lipinski definition) is 21. The van der Waals surface area contributed by atoms with Gasteiger partial charge in [-0.05, 0) is 0 Å². The van der Waals surface area contributed by atoms with Gasteiger partial charge in [-0.2, -0.15) is 0 Å². The number of nitrogens with one attached hydrogen (secondary N) is 1. The first-order chi connectivity index (χ1) is 25.0. The number of ether oxygens (including phenoxy) is 10. The fraction of sp³-hybridized carbons (Fsp3) is 0.667. The summed E-state index contributed by atoms with van der Waals surface area (Å²) in [4.78, 5) is 90.9. The first-order valence-corrected chi connectivity index (χ1v) is 17.7. The van der Waals surface area contributed by atoms with Gasteiger partial charge in [-0.25, -0.2) is 0 Å². The molecule has 0 bridgehead atoms. The van der Waals surface area contributed by atoms with Gasteiger partial charge in [0.25, 0.3) is 0 Å². The van der Waals surface area contributed by atoms with E-state index in [9.17, 15) is 38.4 Å². The molecule has 0 amide bonds. The van der Waals surface area contributed by atoms with Crippen molar-refractivity contribution < 1.29 is 85.7 Å². The highest BCUT2D eigenvalue weighted by atomic mass is 79.9. The van der Waals surface area contributed by atoms with Crippen LogP contribution in [0.3, 0.4) is 0 Å². The van der Waals surface area contributed by atoms with E-state index >= 15 is 0 Å². The zero-order chi connectivity index (χ0) is 41.9. The van der Waals surface area contributed by atoms with E-state index in [1.54, 1.807) is 0 Å². The van der Waals surface area contributed by atoms with Crippen molar-refractivity contribution in [2.24, 2.45) is 11.5 Å². The van der Waals surface area contributed by atoms with Crippen molar-refractivity contribution in [2.45, 2.75) is 115 Å². The van der Waals surface area contributed by atoms with E-state index in [1.807, 2.05) is 0 Å². The summed E-state index contributed by atoms with van der Waals surface area (Å²) in [5, 5.41) is 6.24. The van der Waals surface area contributed by atoms with Crippen LogP contribution in [-0.4, -0.2) is 131 Å². The average molecular weight is 960 g/mol. The second-order valence-electron chi connectivity index (χ2n) is 10.7. The minimum Gasteiger partial charge on any atom is -0.463 e. The van der Waals surface area contributed by atoms with Crippen LogP contribution in [0.4, 0.5) is 0 Å². The Labute approximate surface area is 344 Å². The van der Waals surface area contributed by atoms with Crippen LogP contribution in [0, 0.1) is 5.41 Å². The van der Waals surface area contributed by atoms with Gasteiger partial charge >= 0.3 is 47.8 Å². The van der Waals surface area contributed by atoms with E-state index in [4.69, 9.17) is 58.5 Å². The summed E-state index contributed by atoms with van der Waals surface area (Å²) in [7, 11) is 0. The Morgan fingerprint density at radius 3 is 1.22 bits per heavy atom. The number of amidine groups is 1. The van der Waals surface area contributed by atoms with E-state index in [2.05, 4.69) is 33.9 Å². The molecule has 0 aromatic rings. The average Bonchev–Trinajstić information content (AvgIpc) is 3.00. The van der Waals surface area contributed by atoms with Crippen LogP contribution >= 0.6 is 56.9 Å². The van der Waals surface area contributed by atoms with Gasteiger partial charge in [0.05, 0.1) is 5.49 Å². The molecule has 21 nitrogen and oxygen atoms in total. The molecule has 2 rings (SSSR count). The van der Waals surface area contributed by atoms with Gasteiger partial charge in [0, 0.05) is 55.4 Å². The van der Waals surface area contributed by atoms with E-state index in [1.165, 1.54) is 20.8 Å². The summed E-state index contributed by atoms with van der Waals surface area (Å²) in [5.74, 6) is -5.29. The summed E-state index contributed by atoms with van der Waals surface area (Å²) in [6.45, 7) is 8.71. The van der Waals surface area contributed by atoms with Gasteiger partial charge in [-0.15, -0.1) is 17.0 Å². The maximum atomic E-state index is 11.6. The molecule has 55 heavy (non-hydrogen) atoms. The van der Waals surface area contributed by atoms with Crippen LogP contribution in [0.25, 0.3) is 0 Å². The number of carbonyl (C=O) groups is 8. The summed E-state index contributed by atoms with van der Waals surface area (Å²) in [5.41, 5.74) is 9.95. The minimum absolute atomic E-state index is 0. The number of hydrogen-bond donors (Lipinski definition) is 3. The molecule has 2 fully saturated rings. The summed E-state index contributed by atoms with van der Waals surface area (Å²) < 4.78 is 52.2. The van der Waals surface area contributed by atoms with Gasteiger partial charge in [-0.1, -0.05) is 39.9 Å². The van der Waals surface area contributed by atoms with Crippen molar-refractivity contribution >= 4 is 115 Å². The van der Waals surface area contributed by atoms with Crippen molar-refractivity contribution in [2.75, 3.05) is 13.2 Å². The number of carbonyl (C=O) groups excluding carboxylic acids is 8. The highest BCUT2D eigenvalue weighted by Crippen LogP contribution is 2.34. The molecule has 10 unspecified atom stereocenters. The molecular weight excluding hydrogens is 914 g/mol. The maximum Gasteiger partial charge on any atom is 0.303 e. The molecule has 0 aromatic heterocycles. The van der Waals surface area contributed by atoms with Crippen LogP contribution in [0.1, 0.15) is 55.4 Å². The lowest BCUT2D eigenvalue weighted by Gasteiger charge is -2.43. The van der Waals surface area contributed by atoms with E-state index < -0.39 is 107 Å². The third-order valence-corrected chi connectivity index (χ3v) is 7.73. The van der Waals surface area contributed by atoms with E-state index in [0.29, 0.717) is 11.8 Å². The number of esters is 8. The Bertz CT molecular complexity index is 1380. The summed E-state index contributed by atoms with van der Waals surface area (Å²) in [6, 6.07) is 0. The molecule has 5 N–H and O–H groups in total. The Hall–Kier alpha value is -3.65. The molecular formula is C30H45Br2N3O18S2. The quantitative estimate of drug-likeness (QED) is 0.0639. The molecule has 0 saturated carbocycles. The van der Waals surface area contributed by atoms with E-state index in [-0.39, 0.29) is 35.4 Å². The predicted molar refractivity (Wildman–Crippen MR) is 201 cm³/mol. The van der Waals surface area contributed by atoms with Gasteiger partial charge in [0.1, 0.15) is 25.4 Å². The smallest absolute Gasteiger partial charge is 0.303 e. The van der Waals surface area contributed by atoms with Crippen LogP contribution in [0.2, 0.25) is 0 Å². The number of alkyl halides is 1. The molecule has 314 valence electrons. The largest absolute Gasteiger partial charge is 0.463 e. The van der Waals surface area contributed by atoms with Crippen molar-refractivity contribution in [3.63, 3.8) is 0 Å². The van der Waals surface area contributed by atoms with Crippen molar-refractivity contribution in [1.29, 1.82) is 5.41 Å². The van der Waals surface area contributed by atoms with Gasteiger partial charge in [0.2, 0.25) is 0 Å². The van der Waals surface area contributed by atoms with Crippen molar-refractivity contribution in [3.05, 3.63) is 0 Å². The second kappa shape index (κ2) is 27.0. The minimum atomic E-state index is -1.26. The lowest BCUT2D eigenvalue weighted by molar-refractivity contribution is -0.237. The lowest BCUT2D eigenvalue weighted by atomic mass is 9.99. The molecule has 0 aromatic carbocycles. The Kier molecular flexibility index (Phi) is 26.3. The topological polar surface area (TPSA) is 305 Å². The lowest BCUT2D eigenvalue weighted by Crippen LogP contribution is -2.61. The second-order valence-corrected chi connectivity index (χ2v) is 13.1. The van der Waals surface area contributed by atoms with E-state index in [0.717, 1.165) is 40.1 Å². The monoisotopic (exact) mass is 957 g/mol. The predicted octanol–water partition coefficient (Wildman–Crippen LogP) is 0.641. The van der Waals surface area contributed by atoms with Gasteiger partial charge in [-0.3, -0.25) is 43.8 Å². The molecule has 0 spiro atoms. The molecule has 2 saturated heterocycles. The molecule has 0 aliphatic carbocycles. The first-order valence-electron chi connectivity index (χ1n) is 15.4. The molecule has 2 aliphatic rings. The number of rotatable bonds is 11. The molecule has 2 heterocycles. The fourth-order valence-corrected chi connectivity index (χ4v) is 6.06. The maximum absolute atomic E-state index is 11.6. The summed E-state index contributed by atoms with van der Waals surface area (Å²) >= 11 is 7.93. The third-order valence-electron chi connectivity index (χ3n) is 6.13. The highest BCUT2D eigenvalue weighted by molar-refractivity contribution is 9.09. The van der Waals surface area contributed by atoms with Crippen LogP contribution in [0.5, 0.6) is 0 Å². The summed E-state index contributed by atoms with van der Waals surface area (Å²) in [6.07, 6.45) is -8.98. The third kappa shape index (κ3) is 21.3. The fourth-order valence-electron chi connectivity index (χ4n) is 4.58. The number of thiocarbonyl (C=S) groups is 1. The van der Waals surface area contributed by atoms with Crippen molar-refractivity contribution in [3.8, 4) is 0 Å². The van der Waals surface area contributed by atoms with Crippen LogP contribution in [0.15, 0.2) is 0 Å². The number of thioether (sulfide) groups is 1. The zero-order valence-electron chi connectivity index (χ0n) is 30.9. The first kappa shape index (κ1) is 53.5. The molecule has 10 atom stereocenters. The Morgan fingerprint density at radius 1 is 0.600 bits per heavy atom. The SMILES string of the molecule is Br.CC(=O)OCC1OC(Br)C(OC(C)=O)C(OC(C)=O)C1OC(C)=O.CC(=O)OCC1OC(SC(=N)N)C(OC(C)=O)C(OC(C)=O)C1OC(C)=O.NC=S.